The van der Waals surface area contributed by atoms with E-state index in [1.165, 1.54) is 0 Å². The largest absolute Gasteiger partial charge is 0.378 e. The Labute approximate surface area is 126 Å². The fraction of sp³-hybridized carbons (Fsp3) is 0.286. The minimum Gasteiger partial charge on any atom is -0.378 e. The van der Waals surface area contributed by atoms with Crippen LogP contribution in [-0.2, 0) is 4.74 Å². The molecular weight excluding hydrogens is 320 g/mol. The molecule has 1 aromatic heterocycles. The smallest absolute Gasteiger partial charge is 0.229 e. The van der Waals surface area contributed by atoms with Crippen molar-refractivity contribution in [3.05, 3.63) is 41.0 Å². The Hall–Kier alpha value is -1.66. The molecule has 104 valence electrons. The first-order valence-corrected chi connectivity index (χ1v) is 7.29. The highest BCUT2D eigenvalue weighted by molar-refractivity contribution is 9.10. The molecule has 5 nitrogen and oxygen atoms in total. The van der Waals surface area contributed by atoms with Gasteiger partial charge in [0.1, 0.15) is 5.82 Å². The molecule has 1 fully saturated rings. The van der Waals surface area contributed by atoms with Crippen LogP contribution in [0.4, 0.5) is 17.5 Å². The molecule has 0 radical (unpaired) electrons. The molecule has 0 unspecified atom stereocenters. The molecule has 0 saturated carbocycles. The van der Waals surface area contributed by atoms with Gasteiger partial charge in [-0.2, -0.15) is 4.98 Å². The quantitative estimate of drug-likeness (QED) is 0.935. The zero-order valence-corrected chi connectivity index (χ0v) is 12.5. The summed E-state index contributed by atoms with van der Waals surface area (Å²) in [6.07, 6.45) is 1.77. The minimum absolute atomic E-state index is 0.598. The second kappa shape index (κ2) is 6.19. The number of aromatic nitrogens is 2. The summed E-state index contributed by atoms with van der Waals surface area (Å²) in [6.45, 7) is 3.23. The van der Waals surface area contributed by atoms with Crippen molar-refractivity contribution in [1.82, 2.24) is 9.97 Å². The molecule has 0 atom stereocenters. The molecule has 6 heteroatoms. The molecule has 1 N–H and O–H groups in total. The Morgan fingerprint density at radius 2 is 1.95 bits per heavy atom. The molecule has 20 heavy (non-hydrogen) atoms. The fourth-order valence-corrected chi connectivity index (χ4v) is 2.44. The molecule has 0 spiro atoms. The summed E-state index contributed by atoms with van der Waals surface area (Å²) < 4.78 is 6.34. The third-order valence-corrected chi connectivity index (χ3v) is 3.79. The number of morpholine rings is 1. The zero-order valence-electron chi connectivity index (χ0n) is 10.9. The normalized spacial score (nSPS) is 15.2. The Bertz CT molecular complexity index is 587. The number of ether oxygens (including phenoxy) is 1. The predicted octanol–water partition coefficient (Wildman–Crippen LogP) is 2.82. The van der Waals surface area contributed by atoms with Gasteiger partial charge in [0.25, 0.3) is 0 Å². The van der Waals surface area contributed by atoms with Crippen LogP contribution in [0.25, 0.3) is 0 Å². The number of nitrogens with one attached hydrogen (secondary N) is 1. The first kappa shape index (κ1) is 13.3. The summed E-state index contributed by atoms with van der Waals surface area (Å²) >= 11 is 3.50. The van der Waals surface area contributed by atoms with E-state index < -0.39 is 0 Å². The minimum atomic E-state index is 0.598. The van der Waals surface area contributed by atoms with Gasteiger partial charge in [-0.25, -0.2) is 4.98 Å². The van der Waals surface area contributed by atoms with E-state index in [1.807, 2.05) is 30.3 Å². The standard InChI is InChI=1S/C14H15BrN4O/c15-11-3-1-2-4-12(11)17-14-16-6-5-13(18-14)19-7-9-20-10-8-19/h1-6H,7-10H2,(H,16,17,18). The van der Waals surface area contributed by atoms with Crippen molar-refractivity contribution in [2.45, 2.75) is 0 Å². The molecule has 2 heterocycles. The van der Waals surface area contributed by atoms with Crippen molar-refractivity contribution in [3.63, 3.8) is 0 Å². The molecule has 1 aliphatic heterocycles. The van der Waals surface area contributed by atoms with Crippen LogP contribution in [0.3, 0.4) is 0 Å². The van der Waals surface area contributed by atoms with Crippen molar-refractivity contribution in [2.24, 2.45) is 0 Å². The van der Waals surface area contributed by atoms with E-state index in [2.05, 4.69) is 36.1 Å². The van der Waals surface area contributed by atoms with E-state index in [1.54, 1.807) is 6.20 Å². The highest BCUT2D eigenvalue weighted by Gasteiger charge is 2.13. The van der Waals surface area contributed by atoms with Crippen LogP contribution in [0.2, 0.25) is 0 Å². The van der Waals surface area contributed by atoms with Crippen LogP contribution in [0, 0.1) is 0 Å². The van der Waals surface area contributed by atoms with Crippen LogP contribution >= 0.6 is 15.9 Å². The number of benzene rings is 1. The molecule has 2 aromatic rings. The lowest BCUT2D eigenvalue weighted by molar-refractivity contribution is 0.122. The zero-order chi connectivity index (χ0) is 13.8. The van der Waals surface area contributed by atoms with Gasteiger partial charge in [0.2, 0.25) is 5.95 Å². The average molecular weight is 335 g/mol. The Balaban J connectivity index is 1.79. The fourth-order valence-electron chi connectivity index (χ4n) is 2.06. The topological polar surface area (TPSA) is 50.3 Å². The van der Waals surface area contributed by atoms with Crippen LogP contribution in [-0.4, -0.2) is 36.3 Å². The third-order valence-electron chi connectivity index (χ3n) is 3.10. The predicted molar refractivity (Wildman–Crippen MR) is 82.5 cm³/mol. The van der Waals surface area contributed by atoms with E-state index in [4.69, 9.17) is 4.74 Å². The number of hydrogen-bond donors (Lipinski definition) is 1. The van der Waals surface area contributed by atoms with Crippen LogP contribution in [0.15, 0.2) is 41.0 Å². The van der Waals surface area contributed by atoms with Gasteiger partial charge in [-0.15, -0.1) is 0 Å². The van der Waals surface area contributed by atoms with Gasteiger partial charge in [0.05, 0.1) is 18.9 Å². The van der Waals surface area contributed by atoms with E-state index in [9.17, 15) is 0 Å². The molecule has 1 aliphatic rings. The van der Waals surface area contributed by atoms with E-state index in [0.717, 1.165) is 42.3 Å². The Morgan fingerprint density at radius 3 is 2.75 bits per heavy atom. The van der Waals surface area contributed by atoms with Gasteiger partial charge in [-0.05, 0) is 34.1 Å². The Morgan fingerprint density at radius 1 is 1.15 bits per heavy atom. The molecule has 0 amide bonds. The van der Waals surface area contributed by atoms with Crippen LogP contribution in [0.5, 0.6) is 0 Å². The Kier molecular flexibility index (Phi) is 4.13. The van der Waals surface area contributed by atoms with Crippen molar-refractivity contribution < 1.29 is 4.74 Å². The molecule has 1 aromatic carbocycles. The van der Waals surface area contributed by atoms with E-state index in [0.29, 0.717) is 5.95 Å². The van der Waals surface area contributed by atoms with Gasteiger partial charge in [0.15, 0.2) is 0 Å². The lowest BCUT2D eigenvalue weighted by Gasteiger charge is -2.27. The number of rotatable bonds is 3. The van der Waals surface area contributed by atoms with Gasteiger partial charge in [-0.1, -0.05) is 12.1 Å². The summed E-state index contributed by atoms with van der Waals surface area (Å²) in [5, 5.41) is 3.22. The highest BCUT2D eigenvalue weighted by atomic mass is 79.9. The van der Waals surface area contributed by atoms with Gasteiger partial charge < -0.3 is 15.0 Å². The summed E-state index contributed by atoms with van der Waals surface area (Å²) in [4.78, 5) is 11.0. The average Bonchev–Trinajstić information content (AvgIpc) is 2.51. The highest BCUT2D eigenvalue weighted by Crippen LogP contribution is 2.24. The number of hydrogen-bond acceptors (Lipinski definition) is 5. The van der Waals surface area contributed by atoms with Crippen LogP contribution in [0.1, 0.15) is 0 Å². The van der Waals surface area contributed by atoms with Gasteiger partial charge in [0, 0.05) is 23.8 Å². The summed E-state index contributed by atoms with van der Waals surface area (Å²) in [7, 11) is 0. The van der Waals surface area contributed by atoms with Crippen molar-refractivity contribution in [2.75, 3.05) is 36.5 Å². The first-order chi connectivity index (χ1) is 9.83. The summed E-state index contributed by atoms with van der Waals surface area (Å²) in [6, 6.07) is 9.83. The first-order valence-electron chi connectivity index (χ1n) is 6.50. The molecule has 0 bridgehead atoms. The molecule has 1 saturated heterocycles. The maximum absolute atomic E-state index is 5.36. The lowest BCUT2D eigenvalue weighted by Crippen LogP contribution is -2.36. The second-order valence-corrected chi connectivity index (χ2v) is 5.30. The monoisotopic (exact) mass is 334 g/mol. The molecule has 3 rings (SSSR count). The third kappa shape index (κ3) is 3.08. The van der Waals surface area contributed by atoms with Gasteiger partial charge in [-0.3, -0.25) is 0 Å². The maximum Gasteiger partial charge on any atom is 0.229 e. The SMILES string of the molecule is Brc1ccccc1Nc1nccc(N2CCOCC2)n1. The van der Waals surface area contributed by atoms with Crippen LogP contribution < -0.4 is 10.2 Å². The lowest BCUT2D eigenvalue weighted by atomic mass is 10.3. The summed E-state index contributed by atoms with van der Waals surface area (Å²) in [5.41, 5.74) is 0.951. The number of nitrogens with zero attached hydrogens (tertiary/aromatic N) is 3. The van der Waals surface area contributed by atoms with Gasteiger partial charge >= 0.3 is 0 Å². The molecular formula is C14H15BrN4O. The number of para-hydroxylation sites is 1. The number of anilines is 3. The molecule has 0 aliphatic carbocycles. The summed E-state index contributed by atoms with van der Waals surface area (Å²) in [5.74, 6) is 1.53. The second-order valence-electron chi connectivity index (χ2n) is 4.44. The van der Waals surface area contributed by atoms with E-state index >= 15 is 0 Å². The number of halogens is 1. The van der Waals surface area contributed by atoms with E-state index in [-0.39, 0.29) is 0 Å². The van der Waals surface area contributed by atoms with Crippen molar-refractivity contribution >= 4 is 33.4 Å². The maximum atomic E-state index is 5.36. The van der Waals surface area contributed by atoms with Crippen molar-refractivity contribution in [3.8, 4) is 0 Å². The van der Waals surface area contributed by atoms with Crippen molar-refractivity contribution in [1.29, 1.82) is 0 Å².